The van der Waals surface area contributed by atoms with Crippen molar-refractivity contribution in [1.82, 2.24) is 10.6 Å². The molecule has 2 unspecified atom stereocenters. The topological polar surface area (TPSA) is 87.7 Å². The number of carbonyl (C=O) groups is 2. The second-order valence-electron chi connectivity index (χ2n) is 6.89. The summed E-state index contributed by atoms with van der Waals surface area (Å²) in [5.41, 5.74) is 1.48. The first kappa shape index (κ1) is 21.4. The van der Waals surface area contributed by atoms with E-state index in [1.807, 2.05) is 0 Å². The van der Waals surface area contributed by atoms with Gasteiger partial charge in [0.25, 0.3) is 0 Å². The Balaban J connectivity index is 1.58. The lowest BCUT2D eigenvalue weighted by Gasteiger charge is -2.18. The fourth-order valence-electron chi connectivity index (χ4n) is 3.16. The zero-order chi connectivity index (χ0) is 20.8. The van der Waals surface area contributed by atoms with Gasteiger partial charge in [-0.25, -0.2) is 4.79 Å². The maximum Gasteiger partial charge on any atom is 0.326 e. The standard InChI is InChI=1S/C21H22Cl2N2O4/c22-16-3-1-4-17(23)15(16)12-29-14-8-6-13(7-9-14)11-19(21(27)28)25-20(26)18-5-2-10-24-18/h1,3-4,6-9,18-19,24H,2,5,10-12H2,(H,25,26)(H,27,28). The van der Waals surface area contributed by atoms with Crippen LogP contribution in [0.1, 0.15) is 24.0 Å². The van der Waals surface area contributed by atoms with E-state index in [1.165, 1.54) is 0 Å². The second-order valence-corrected chi connectivity index (χ2v) is 7.70. The van der Waals surface area contributed by atoms with Crippen molar-refractivity contribution in [2.75, 3.05) is 6.54 Å². The van der Waals surface area contributed by atoms with E-state index in [0.29, 0.717) is 21.4 Å². The van der Waals surface area contributed by atoms with Crippen LogP contribution < -0.4 is 15.4 Å². The number of aliphatic carboxylic acids is 1. The Labute approximate surface area is 179 Å². The molecule has 1 aliphatic heterocycles. The molecule has 0 bridgehead atoms. The highest BCUT2D eigenvalue weighted by molar-refractivity contribution is 6.35. The molecular formula is C21H22Cl2N2O4. The molecule has 154 valence electrons. The van der Waals surface area contributed by atoms with Gasteiger partial charge in [-0.2, -0.15) is 0 Å². The Hall–Kier alpha value is -2.28. The van der Waals surface area contributed by atoms with Crippen LogP contribution in [0.3, 0.4) is 0 Å². The minimum Gasteiger partial charge on any atom is -0.489 e. The third-order valence-electron chi connectivity index (χ3n) is 4.80. The van der Waals surface area contributed by atoms with Crippen LogP contribution in [0.25, 0.3) is 0 Å². The van der Waals surface area contributed by atoms with E-state index in [-0.39, 0.29) is 25.0 Å². The van der Waals surface area contributed by atoms with Gasteiger partial charge in [0.1, 0.15) is 18.4 Å². The molecule has 2 aromatic rings. The molecule has 1 saturated heterocycles. The molecule has 0 aromatic heterocycles. The van der Waals surface area contributed by atoms with Gasteiger partial charge in [0, 0.05) is 22.0 Å². The molecular weight excluding hydrogens is 415 g/mol. The van der Waals surface area contributed by atoms with Crippen LogP contribution in [0.5, 0.6) is 5.75 Å². The Kier molecular flexibility index (Phi) is 7.36. The van der Waals surface area contributed by atoms with Crippen molar-refractivity contribution < 1.29 is 19.4 Å². The lowest BCUT2D eigenvalue weighted by molar-refractivity contribution is -0.142. The fourth-order valence-corrected chi connectivity index (χ4v) is 3.67. The average Bonchev–Trinajstić information content (AvgIpc) is 3.23. The molecule has 0 radical (unpaired) electrons. The van der Waals surface area contributed by atoms with Gasteiger partial charge in [-0.1, -0.05) is 41.4 Å². The molecule has 1 amide bonds. The molecule has 0 spiro atoms. The quantitative estimate of drug-likeness (QED) is 0.589. The van der Waals surface area contributed by atoms with Crippen molar-refractivity contribution in [3.63, 3.8) is 0 Å². The molecule has 8 heteroatoms. The number of carboxylic acids is 1. The number of hydrogen-bond acceptors (Lipinski definition) is 4. The zero-order valence-electron chi connectivity index (χ0n) is 15.7. The van der Waals surface area contributed by atoms with Crippen LogP contribution in [0.4, 0.5) is 0 Å². The average molecular weight is 437 g/mol. The summed E-state index contributed by atoms with van der Waals surface area (Å²) in [6, 6.07) is 11.0. The maximum absolute atomic E-state index is 12.2. The zero-order valence-corrected chi connectivity index (χ0v) is 17.2. The van der Waals surface area contributed by atoms with E-state index in [4.69, 9.17) is 27.9 Å². The number of nitrogens with one attached hydrogen (secondary N) is 2. The predicted octanol–water partition coefficient (Wildman–Crippen LogP) is 3.44. The van der Waals surface area contributed by atoms with Crippen molar-refractivity contribution >= 4 is 35.1 Å². The summed E-state index contributed by atoms with van der Waals surface area (Å²) in [7, 11) is 0. The highest BCUT2D eigenvalue weighted by Crippen LogP contribution is 2.26. The van der Waals surface area contributed by atoms with Crippen LogP contribution in [-0.4, -0.2) is 35.6 Å². The van der Waals surface area contributed by atoms with Crippen molar-refractivity contribution in [1.29, 1.82) is 0 Å². The van der Waals surface area contributed by atoms with Crippen LogP contribution >= 0.6 is 23.2 Å². The molecule has 0 aliphatic carbocycles. The molecule has 29 heavy (non-hydrogen) atoms. The molecule has 1 heterocycles. The number of rotatable bonds is 8. The van der Waals surface area contributed by atoms with Crippen LogP contribution in [0.15, 0.2) is 42.5 Å². The van der Waals surface area contributed by atoms with Crippen LogP contribution in [0, 0.1) is 0 Å². The number of ether oxygens (including phenoxy) is 1. The largest absolute Gasteiger partial charge is 0.489 e. The van der Waals surface area contributed by atoms with Crippen molar-refractivity contribution in [2.24, 2.45) is 0 Å². The van der Waals surface area contributed by atoms with E-state index in [0.717, 1.165) is 24.9 Å². The molecule has 1 aliphatic rings. The lowest BCUT2D eigenvalue weighted by Crippen LogP contribution is -2.49. The molecule has 6 nitrogen and oxygen atoms in total. The Morgan fingerprint density at radius 2 is 1.86 bits per heavy atom. The van der Waals surface area contributed by atoms with E-state index in [1.54, 1.807) is 42.5 Å². The molecule has 2 atom stereocenters. The monoisotopic (exact) mass is 436 g/mol. The first-order chi connectivity index (χ1) is 13.9. The SMILES string of the molecule is O=C(O)C(Cc1ccc(OCc2c(Cl)cccc2Cl)cc1)NC(=O)C1CCCN1. The number of halogens is 2. The summed E-state index contributed by atoms with van der Waals surface area (Å²) in [4.78, 5) is 23.8. The smallest absolute Gasteiger partial charge is 0.326 e. The normalized spacial score (nSPS) is 17.0. The van der Waals surface area contributed by atoms with Gasteiger partial charge in [0.2, 0.25) is 5.91 Å². The molecule has 0 saturated carbocycles. The molecule has 3 rings (SSSR count). The van der Waals surface area contributed by atoms with Crippen LogP contribution in [-0.2, 0) is 22.6 Å². The fraction of sp³-hybridized carbons (Fsp3) is 0.333. The van der Waals surface area contributed by atoms with Gasteiger partial charge in [0.15, 0.2) is 0 Å². The summed E-state index contributed by atoms with van der Waals surface area (Å²) in [5.74, 6) is -0.729. The summed E-state index contributed by atoms with van der Waals surface area (Å²) in [6.45, 7) is 0.997. The number of benzene rings is 2. The van der Waals surface area contributed by atoms with Gasteiger partial charge >= 0.3 is 5.97 Å². The van der Waals surface area contributed by atoms with Gasteiger partial charge in [-0.15, -0.1) is 0 Å². The summed E-state index contributed by atoms with van der Waals surface area (Å²) in [6.07, 6.45) is 1.82. The maximum atomic E-state index is 12.2. The second kappa shape index (κ2) is 9.96. The van der Waals surface area contributed by atoms with E-state index < -0.39 is 12.0 Å². The first-order valence-corrected chi connectivity index (χ1v) is 10.1. The Morgan fingerprint density at radius 3 is 2.45 bits per heavy atom. The molecule has 1 fully saturated rings. The molecule has 2 aromatic carbocycles. The van der Waals surface area contributed by atoms with Crippen LogP contribution in [0.2, 0.25) is 10.0 Å². The third-order valence-corrected chi connectivity index (χ3v) is 5.51. The van der Waals surface area contributed by atoms with Crippen molar-refractivity contribution in [3.05, 3.63) is 63.6 Å². The van der Waals surface area contributed by atoms with Gasteiger partial charge in [-0.3, -0.25) is 4.79 Å². The summed E-state index contributed by atoms with van der Waals surface area (Å²) in [5, 5.41) is 16.2. The lowest BCUT2D eigenvalue weighted by atomic mass is 10.1. The highest BCUT2D eigenvalue weighted by atomic mass is 35.5. The van der Waals surface area contributed by atoms with Gasteiger partial charge in [0.05, 0.1) is 6.04 Å². The summed E-state index contributed by atoms with van der Waals surface area (Å²) >= 11 is 12.3. The number of amides is 1. The first-order valence-electron chi connectivity index (χ1n) is 9.35. The van der Waals surface area contributed by atoms with Gasteiger partial charge in [-0.05, 0) is 49.2 Å². The number of hydrogen-bond donors (Lipinski definition) is 3. The summed E-state index contributed by atoms with van der Waals surface area (Å²) < 4.78 is 5.73. The highest BCUT2D eigenvalue weighted by Gasteiger charge is 2.27. The minimum absolute atomic E-state index is 0.185. The molecule has 3 N–H and O–H groups in total. The number of carboxylic acid groups (broad SMARTS) is 1. The van der Waals surface area contributed by atoms with Crippen molar-refractivity contribution in [3.8, 4) is 5.75 Å². The van der Waals surface area contributed by atoms with E-state index in [2.05, 4.69) is 10.6 Å². The number of carbonyl (C=O) groups excluding carboxylic acids is 1. The Bertz CT molecular complexity index is 847. The van der Waals surface area contributed by atoms with Crippen molar-refractivity contribution in [2.45, 2.75) is 38.0 Å². The third kappa shape index (κ3) is 5.85. The predicted molar refractivity (Wildman–Crippen MR) is 112 cm³/mol. The minimum atomic E-state index is -1.06. The van der Waals surface area contributed by atoms with E-state index in [9.17, 15) is 14.7 Å². The Morgan fingerprint density at radius 1 is 1.17 bits per heavy atom. The van der Waals surface area contributed by atoms with Gasteiger partial charge < -0.3 is 20.5 Å². The van der Waals surface area contributed by atoms with E-state index >= 15 is 0 Å².